The highest BCUT2D eigenvalue weighted by Gasteiger charge is 2.18. The third kappa shape index (κ3) is 2.78. The summed E-state index contributed by atoms with van der Waals surface area (Å²) in [5, 5.41) is 4.97. The molecule has 2 aromatic rings. The summed E-state index contributed by atoms with van der Waals surface area (Å²) in [7, 11) is 1.83. The third-order valence-corrected chi connectivity index (χ3v) is 3.97. The fourth-order valence-corrected chi connectivity index (χ4v) is 2.72. The van der Waals surface area contributed by atoms with Crippen LogP contribution in [0, 0.1) is 0 Å². The van der Waals surface area contributed by atoms with Crippen LogP contribution in [0.4, 0.5) is 0 Å². The lowest BCUT2D eigenvalue weighted by atomic mass is 9.99. The van der Waals surface area contributed by atoms with Crippen molar-refractivity contribution in [3.05, 3.63) is 51.8 Å². The average molecular weight is 291 g/mol. The minimum atomic E-state index is 0.0926. The van der Waals surface area contributed by atoms with E-state index in [0.717, 1.165) is 35.4 Å². The van der Waals surface area contributed by atoms with Crippen LogP contribution in [0.25, 0.3) is 0 Å². The Morgan fingerprint density at radius 2 is 1.95 bits per heavy atom. The van der Waals surface area contributed by atoms with E-state index in [1.165, 1.54) is 0 Å². The van der Waals surface area contributed by atoms with E-state index in [-0.39, 0.29) is 5.78 Å². The van der Waals surface area contributed by atoms with Gasteiger partial charge < -0.3 is 0 Å². The van der Waals surface area contributed by atoms with Gasteiger partial charge in [0.1, 0.15) is 0 Å². The predicted molar refractivity (Wildman–Crippen MR) is 81.5 cm³/mol. The van der Waals surface area contributed by atoms with Crippen molar-refractivity contribution in [3.8, 4) is 0 Å². The highest BCUT2D eigenvalue weighted by atomic mass is 35.5. The first-order valence-electron chi connectivity index (χ1n) is 6.89. The van der Waals surface area contributed by atoms with E-state index in [9.17, 15) is 4.79 Å². The second kappa shape index (κ2) is 6.23. The Morgan fingerprint density at radius 3 is 2.55 bits per heavy atom. The van der Waals surface area contributed by atoms with Gasteiger partial charge in [-0.1, -0.05) is 49.7 Å². The molecule has 0 aliphatic carbocycles. The van der Waals surface area contributed by atoms with E-state index in [0.29, 0.717) is 11.4 Å². The number of Topliss-reactive ketones (excluding diaryl/α,β-unsaturated/α-hetero) is 1. The Balaban J connectivity index is 2.30. The Labute approximate surface area is 124 Å². The van der Waals surface area contributed by atoms with Crippen LogP contribution < -0.4 is 0 Å². The maximum absolute atomic E-state index is 12.5. The van der Waals surface area contributed by atoms with Gasteiger partial charge in [0.05, 0.1) is 22.8 Å². The van der Waals surface area contributed by atoms with Gasteiger partial charge in [-0.2, -0.15) is 5.10 Å². The maximum atomic E-state index is 12.5. The van der Waals surface area contributed by atoms with Gasteiger partial charge in [-0.25, -0.2) is 0 Å². The summed E-state index contributed by atoms with van der Waals surface area (Å²) < 4.78 is 1.72. The molecule has 0 spiro atoms. The number of hydrogen-bond donors (Lipinski definition) is 0. The molecule has 4 heteroatoms. The van der Waals surface area contributed by atoms with E-state index in [1.807, 2.05) is 38.2 Å². The van der Waals surface area contributed by atoms with Crippen molar-refractivity contribution in [1.82, 2.24) is 9.78 Å². The van der Waals surface area contributed by atoms with Crippen LogP contribution in [-0.4, -0.2) is 15.6 Å². The number of aryl methyl sites for hydroxylation is 3. The first kappa shape index (κ1) is 14.8. The summed E-state index contributed by atoms with van der Waals surface area (Å²) in [6.07, 6.45) is 1.91. The molecule has 1 aromatic heterocycles. The molecule has 3 nitrogen and oxygen atoms in total. The highest BCUT2D eigenvalue weighted by Crippen LogP contribution is 2.23. The van der Waals surface area contributed by atoms with Crippen molar-refractivity contribution in [2.45, 2.75) is 33.1 Å². The molecule has 0 N–H and O–H groups in total. The fourth-order valence-electron chi connectivity index (χ4n) is 2.36. The van der Waals surface area contributed by atoms with Crippen molar-refractivity contribution in [2.75, 3.05) is 0 Å². The number of aromatic nitrogens is 2. The van der Waals surface area contributed by atoms with Gasteiger partial charge in [-0.05, 0) is 18.4 Å². The predicted octanol–water partition coefficient (Wildman–Crippen LogP) is 3.62. The van der Waals surface area contributed by atoms with Gasteiger partial charge in [-0.3, -0.25) is 9.48 Å². The number of rotatable bonds is 5. The molecule has 0 amide bonds. The van der Waals surface area contributed by atoms with E-state index in [4.69, 9.17) is 11.6 Å². The Bertz CT molecular complexity index is 631. The summed E-state index contributed by atoms with van der Waals surface area (Å²) in [6.45, 7) is 4.06. The van der Waals surface area contributed by atoms with Gasteiger partial charge in [0.2, 0.25) is 0 Å². The molecule has 0 bridgehead atoms. The molecular weight excluding hydrogens is 272 g/mol. The first-order valence-corrected chi connectivity index (χ1v) is 7.27. The molecule has 0 unspecified atom stereocenters. The van der Waals surface area contributed by atoms with Gasteiger partial charge >= 0.3 is 0 Å². The van der Waals surface area contributed by atoms with Gasteiger partial charge in [-0.15, -0.1) is 0 Å². The Kier molecular flexibility index (Phi) is 4.61. The van der Waals surface area contributed by atoms with Crippen LogP contribution in [-0.2, 0) is 26.3 Å². The van der Waals surface area contributed by atoms with E-state index in [1.54, 1.807) is 4.68 Å². The first-order chi connectivity index (χ1) is 9.58. The van der Waals surface area contributed by atoms with E-state index >= 15 is 0 Å². The minimum absolute atomic E-state index is 0.0926. The zero-order valence-electron chi connectivity index (χ0n) is 12.1. The van der Waals surface area contributed by atoms with Gasteiger partial charge in [0.25, 0.3) is 0 Å². The summed E-state index contributed by atoms with van der Waals surface area (Å²) in [4.78, 5) is 12.5. The zero-order valence-corrected chi connectivity index (χ0v) is 12.9. The molecule has 0 fully saturated rings. The maximum Gasteiger partial charge on any atom is 0.169 e. The lowest BCUT2D eigenvalue weighted by Gasteiger charge is -2.07. The standard InChI is InChI=1S/C16H19ClN2O/c1-4-11-8-6-7-9-12(11)15(20)10-14-16(17)13(5-2)18-19(14)3/h6-9H,4-5,10H2,1-3H3. The number of hydrogen-bond acceptors (Lipinski definition) is 2. The Hall–Kier alpha value is -1.61. The fraction of sp³-hybridized carbons (Fsp3) is 0.375. The van der Waals surface area contributed by atoms with Crippen LogP contribution in [0.5, 0.6) is 0 Å². The molecule has 0 saturated heterocycles. The number of carbonyl (C=O) groups is 1. The largest absolute Gasteiger partial charge is 0.294 e. The summed E-state index contributed by atoms with van der Waals surface area (Å²) in [5.41, 5.74) is 3.50. The lowest BCUT2D eigenvalue weighted by molar-refractivity contribution is 0.0990. The number of benzene rings is 1. The van der Waals surface area contributed by atoms with Crippen molar-refractivity contribution < 1.29 is 4.79 Å². The third-order valence-electron chi connectivity index (χ3n) is 3.53. The number of ketones is 1. The molecule has 2 rings (SSSR count). The number of carbonyl (C=O) groups excluding carboxylic acids is 1. The molecule has 0 radical (unpaired) electrons. The average Bonchev–Trinajstić information content (AvgIpc) is 2.74. The molecule has 0 saturated carbocycles. The molecule has 1 aromatic carbocycles. The van der Waals surface area contributed by atoms with Crippen LogP contribution >= 0.6 is 11.6 Å². The summed E-state index contributed by atoms with van der Waals surface area (Å²) in [5.74, 6) is 0.0926. The van der Waals surface area contributed by atoms with E-state index < -0.39 is 0 Å². The van der Waals surface area contributed by atoms with Crippen LogP contribution in [0.3, 0.4) is 0 Å². The number of halogens is 1. The van der Waals surface area contributed by atoms with Crippen molar-refractivity contribution in [3.63, 3.8) is 0 Å². The number of nitrogens with zero attached hydrogens (tertiary/aromatic N) is 2. The van der Waals surface area contributed by atoms with E-state index in [2.05, 4.69) is 12.0 Å². The second-order valence-electron chi connectivity index (χ2n) is 4.80. The van der Waals surface area contributed by atoms with Crippen LogP contribution in [0.15, 0.2) is 24.3 Å². The summed E-state index contributed by atoms with van der Waals surface area (Å²) >= 11 is 6.30. The van der Waals surface area contributed by atoms with Crippen molar-refractivity contribution in [2.24, 2.45) is 7.05 Å². The molecule has 1 heterocycles. The van der Waals surface area contributed by atoms with Crippen LogP contribution in [0.2, 0.25) is 5.02 Å². The summed E-state index contributed by atoms with van der Waals surface area (Å²) in [6, 6.07) is 7.73. The molecule has 0 aliphatic heterocycles. The molecule has 0 atom stereocenters. The normalized spacial score (nSPS) is 10.8. The molecule has 20 heavy (non-hydrogen) atoms. The van der Waals surface area contributed by atoms with Gasteiger partial charge in [0.15, 0.2) is 5.78 Å². The molecule has 0 aliphatic rings. The highest BCUT2D eigenvalue weighted by molar-refractivity contribution is 6.32. The SMILES string of the molecule is CCc1ccccc1C(=O)Cc1c(Cl)c(CC)nn1C. The topological polar surface area (TPSA) is 34.9 Å². The van der Waals surface area contributed by atoms with Crippen molar-refractivity contribution >= 4 is 17.4 Å². The monoisotopic (exact) mass is 290 g/mol. The molecule has 106 valence electrons. The minimum Gasteiger partial charge on any atom is -0.294 e. The lowest BCUT2D eigenvalue weighted by Crippen LogP contribution is -2.10. The quantitative estimate of drug-likeness (QED) is 0.788. The smallest absolute Gasteiger partial charge is 0.169 e. The van der Waals surface area contributed by atoms with Crippen LogP contribution in [0.1, 0.15) is 41.2 Å². The van der Waals surface area contributed by atoms with Crippen molar-refractivity contribution in [1.29, 1.82) is 0 Å². The Morgan fingerprint density at radius 1 is 1.25 bits per heavy atom. The zero-order chi connectivity index (χ0) is 14.7. The second-order valence-corrected chi connectivity index (χ2v) is 5.17. The van der Waals surface area contributed by atoms with Gasteiger partial charge in [0, 0.05) is 12.6 Å². The molecular formula is C16H19ClN2O.